The highest BCUT2D eigenvalue weighted by Crippen LogP contribution is 2.31. The third kappa shape index (κ3) is 2.83. The highest BCUT2D eigenvalue weighted by molar-refractivity contribution is 5.76. The van der Waals surface area contributed by atoms with Gasteiger partial charge in [-0.25, -0.2) is 4.79 Å². The van der Waals surface area contributed by atoms with E-state index in [4.69, 9.17) is 9.47 Å². The van der Waals surface area contributed by atoms with Crippen molar-refractivity contribution in [3.05, 3.63) is 35.9 Å². The largest absolute Gasteiger partial charge is 0.464 e. The van der Waals surface area contributed by atoms with Gasteiger partial charge in [-0.2, -0.15) is 0 Å². The molecule has 1 aromatic rings. The van der Waals surface area contributed by atoms with Gasteiger partial charge in [0.05, 0.1) is 12.7 Å². The molecule has 0 spiro atoms. The van der Waals surface area contributed by atoms with E-state index in [9.17, 15) is 4.79 Å². The SMILES string of the molecule is CCOC(=O)C(OC1CC1)c1ccccc1. The van der Waals surface area contributed by atoms with Gasteiger partial charge in [-0.15, -0.1) is 0 Å². The Hall–Kier alpha value is -1.35. The van der Waals surface area contributed by atoms with Crippen LogP contribution in [0.5, 0.6) is 0 Å². The molecule has 0 aliphatic heterocycles. The maximum absolute atomic E-state index is 11.8. The summed E-state index contributed by atoms with van der Waals surface area (Å²) in [5.74, 6) is -0.291. The number of ether oxygens (including phenoxy) is 2. The minimum absolute atomic E-state index is 0.231. The van der Waals surface area contributed by atoms with Gasteiger partial charge in [-0.1, -0.05) is 30.3 Å². The zero-order valence-electron chi connectivity index (χ0n) is 9.39. The average Bonchev–Trinajstić information content (AvgIpc) is 3.11. The highest BCUT2D eigenvalue weighted by Gasteiger charge is 2.31. The molecule has 0 saturated heterocycles. The zero-order valence-corrected chi connectivity index (χ0v) is 9.39. The van der Waals surface area contributed by atoms with Crippen LogP contribution in [0.1, 0.15) is 31.4 Å². The number of carbonyl (C=O) groups excluding carboxylic acids is 1. The number of hydrogen-bond acceptors (Lipinski definition) is 3. The fourth-order valence-corrected chi connectivity index (χ4v) is 1.51. The summed E-state index contributed by atoms with van der Waals surface area (Å²) in [6.07, 6.45) is 1.76. The maximum atomic E-state index is 11.8. The topological polar surface area (TPSA) is 35.5 Å². The molecule has 1 fully saturated rings. The fourth-order valence-electron chi connectivity index (χ4n) is 1.51. The smallest absolute Gasteiger partial charge is 0.339 e. The molecule has 0 bridgehead atoms. The Morgan fingerprint density at radius 1 is 1.38 bits per heavy atom. The van der Waals surface area contributed by atoms with Crippen molar-refractivity contribution in [2.45, 2.75) is 32.0 Å². The van der Waals surface area contributed by atoms with Crippen molar-refractivity contribution >= 4 is 5.97 Å². The van der Waals surface area contributed by atoms with Crippen LogP contribution in [0.3, 0.4) is 0 Å². The normalized spacial score (nSPS) is 16.8. The first-order chi connectivity index (χ1) is 7.81. The van der Waals surface area contributed by atoms with Gasteiger partial charge >= 0.3 is 5.97 Å². The number of hydrogen-bond donors (Lipinski definition) is 0. The lowest BCUT2D eigenvalue weighted by Gasteiger charge is -2.16. The van der Waals surface area contributed by atoms with Crippen LogP contribution in [0.4, 0.5) is 0 Å². The summed E-state index contributed by atoms with van der Waals surface area (Å²) in [4.78, 5) is 11.8. The maximum Gasteiger partial charge on any atom is 0.339 e. The van der Waals surface area contributed by atoms with E-state index in [2.05, 4.69) is 0 Å². The second-order valence-corrected chi connectivity index (χ2v) is 3.88. The summed E-state index contributed by atoms with van der Waals surface area (Å²) in [6, 6.07) is 9.51. The van der Waals surface area contributed by atoms with Crippen molar-refractivity contribution in [1.29, 1.82) is 0 Å². The molecule has 0 aromatic heterocycles. The van der Waals surface area contributed by atoms with E-state index >= 15 is 0 Å². The van der Waals surface area contributed by atoms with Crippen molar-refractivity contribution in [1.82, 2.24) is 0 Å². The molecule has 3 nitrogen and oxygen atoms in total. The molecule has 0 radical (unpaired) electrons. The van der Waals surface area contributed by atoms with Crippen LogP contribution in [0.2, 0.25) is 0 Å². The van der Waals surface area contributed by atoms with Crippen LogP contribution in [-0.2, 0) is 14.3 Å². The van der Waals surface area contributed by atoms with E-state index in [0.29, 0.717) is 6.61 Å². The molecule has 1 aromatic carbocycles. The second kappa shape index (κ2) is 5.12. The molecule has 1 atom stereocenters. The molecule has 86 valence electrons. The van der Waals surface area contributed by atoms with Crippen LogP contribution >= 0.6 is 0 Å². The molecule has 1 aliphatic carbocycles. The standard InChI is InChI=1S/C13H16O3/c1-2-15-13(14)12(16-11-8-9-11)10-6-4-3-5-7-10/h3-7,11-12H,2,8-9H2,1H3. The van der Waals surface area contributed by atoms with Gasteiger partial charge in [0.1, 0.15) is 0 Å². The zero-order chi connectivity index (χ0) is 11.4. The molecule has 0 heterocycles. The van der Waals surface area contributed by atoms with Gasteiger partial charge in [0.25, 0.3) is 0 Å². The van der Waals surface area contributed by atoms with Crippen LogP contribution in [0, 0.1) is 0 Å². The monoisotopic (exact) mass is 220 g/mol. The van der Waals surface area contributed by atoms with Crippen LogP contribution in [0.15, 0.2) is 30.3 Å². The summed E-state index contributed by atoms with van der Waals surface area (Å²) in [7, 11) is 0. The molecule has 2 rings (SSSR count). The Labute approximate surface area is 95.4 Å². The van der Waals surface area contributed by atoms with E-state index in [1.165, 1.54) is 0 Å². The summed E-state index contributed by atoms with van der Waals surface area (Å²) < 4.78 is 10.7. The van der Waals surface area contributed by atoms with E-state index in [0.717, 1.165) is 18.4 Å². The minimum atomic E-state index is -0.561. The van der Waals surface area contributed by atoms with Gasteiger partial charge in [-0.3, -0.25) is 0 Å². The Bertz CT molecular complexity index is 343. The predicted molar refractivity (Wildman–Crippen MR) is 59.9 cm³/mol. The van der Waals surface area contributed by atoms with Crippen molar-refractivity contribution < 1.29 is 14.3 Å². The van der Waals surface area contributed by atoms with Crippen molar-refractivity contribution in [3.63, 3.8) is 0 Å². The van der Waals surface area contributed by atoms with Gasteiger partial charge in [-0.05, 0) is 25.3 Å². The lowest BCUT2D eigenvalue weighted by Crippen LogP contribution is -2.19. The van der Waals surface area contributed by atoms with Crippen molar-refractivity contribution in [2.24, 2.45) is 0 Å². The summed E-state index contributed by atoms with van der Waals surface area (Å²) in [6.45, 7) is 2.19. The molecular weight excluding hydrogens is 204 g/mol. The molecule has 0 N–H and O–H groups in total. The predicted octanol–water partition coefficient (Wildman–Crippen LogP) is 2.47. The number of rotatable bonds is 5. The lowest BCUT2D eigenvalue weighted by molar-refractivity contribution is -0.158. The first-order valence-electron chi connectivity index (χ1n) is 5.68. The Morgan fingerprint density at radius 2 is 2.06 bits per heavy atom. The molecule has 3 heteroatoms. The van der Waals surface area contributed by atoms with E-state index < -0.39 is 6.10 Å². The Morgan fingerprint density at radius 3 is 2.62 bits per heavy atom. The lowest BCUT2D eigenvalue weighted by atomic mass is 10.1. The molecule has 1 aliphatic rings. The van der Waals surface area contributed by atoms with E-state index in [-0.39, 0.29) is 12.1 Å². The quantitative estimate of drug-likeness (QED) is 0.715. The third-order valence-corrected chi connectivity index (χ3v) is 2.46. The summed E-state index contributed by atoms with van der Waals surface area (Å²) >= 11 is 0. The molecular formula is C13H16O3. The fraction of sp³-hybridized carbons (Fsp3) is 0.462. The summed E-state index contributed by atoms with van der Waals surface area (Å²) in [5.41, 5.74) is 0.868. The molecule has 0 amide bonds. The number of esters is 1. The van der Waals surface area contributed by atoms with Gasteiger partial charge in [0.15, 0.2) is 6.10 Å². The minimum Gasteiger partial charge on any atom is -0.464 e. The number of benzene rings is 1. The van der Waals surface area contributed by atoms with Crippen LogP contribution in [0.25, 0.3) is 0 Å². The second-order valence-electron chi connectivity index (χ2n) is 3.88. The van der Waals surface area contributed by atoms with Gasteiger partial charge in [0, 0.05) is 0 Å². The first-order valence-corrected chi connectivity index (χ1v) is 5.68. The van der Waals surface area contributed by atoms with E-state index in [1.54, 1.807) is 6.92 Å². The van der Waals surface area contributed by atoms with Crippen molar-refractivity contribution in [2.75, 3.05) is 6.61 Å². The third-order valence-electron chi connectivity index (χ3n) is 2.46. The van der Waals surface area contributed by atoms with Gasteiger partial charge < -0.3 is 9.47 Å². The van der Waals surface area contributed by atoms with Gasteiger partial charge in [0.2, 0.25) is 0 Å². The Balaban J connectivity index is 2.09. The average molecular weight is 220 g/mol. The Kier molecular flexibility index (Phi) is 3.57. The van der Waals surface area contributed by atoms with Crippen LogP contribution in [-0.4, -0.2) is 18.7 Å². The van der Waals surface area contributed by atoms with Crippen LogP contribution < -0.4 is 0 Å². The first kappa shape index (κ1) is 11.1. The van der Waals surface area contributed by atoms with E-state index in [1.807, 2.05) is 30.3 Å². The number of carbonyl (C=O) groups is 1. The molecule has 1 saturated carbocycles. The van der Waals surface area contributed by atoms with Crippen molar-refractivity contribution in [3.8, 4) is 0 Å². The molecule has 1 unspecified atom stereocenters. The summed E-state index contributed by atoms with van der Waals surface area (Å²) in [5, 5.41) is 0. The molecule has 16 heavy (non-hydrogen) atoms. The highest BCUT2D eigenvalue weighted by atomic mass is 16.6.